The van der Waals surface area contributed by atoms with Gasteiger partial charge in [0.2, 0.25) is 11.7 Å². The molecule has 5 nitrogen and oxygen atoms in total. The van der Waals surface area contributed by atoms with E-state index in [1.54, 1.807) is 6.20 Å². The van der Waals surface area contributed by atoms with Crippen LogP contribution in [0.4, 0.5) is 0 Å². The van der Waals surface area contributed by atoms with Crippen LogP contribution in [0.15, 0.2) is 25.7 Å². The summed E-state index contributed by atoms with van der Waals surface area (Å²) in [5, 5.41) is 4.01. The van der Waals surface area contributed by atoms with E-state index in [0.29, 0.717) is 17.4 Å². The zero-order valence-electron chi connectivity index (χ0n) is 10.0. The summed E-state index contributed by atoms with van der Waals surface area (Å²) < 4.78 is 7.08. The predicted molar refractivity (Wildman–Crippen MR) is 77.5 cm³/mol. The molecule has 100 valence electrons. The van der Waals surface area contributed by atoms with E-state index in [1.807, 2.05) is 6.07 Å². The smallest absolute Gasteiger partial charge is 0.230 e. The van der Waals surface area contributed by atoms with E-state index in [4.69, 9.17) is 10.3 Å². The summed E-state index contributed by atoms with van der Waals surface area (Å²) in [6.45, 7) is 0. The first-order valence-electron chi connectivity index (χ1n) is 6.04. The molecule has 1 aliphatic carbocycles. The number of aromatic nitrogens is 3. The summed E-state index contributed by atoms with van der Waals surface area (Å²) in [6, 6.07) is 2.15. The highest BCUT2D eigenvalue weighted by Crippen LogP contribution is 2.34. The Kier molecular flexibility index (Phi) is 3.68. The number of hydrogen-bond donors (Lipinski definition) is 1. The zero-order valence-corrected chi connectivity index (χ0v) is 13.2. The first-order chi connectivity index (χ1) is 9.13. The third-order valence-corrected chi connectivity index (χ3v) is 4.32. The van der Waals surface area contributed by atoms with Crippen molar-refractivity contribution in [3.8, 4) is 11.5 Å². The summed E-state index contributed by atoms with van der Waals surface area (Å²) in [7, 11) is 0. The number of rotatable bonds is 2. The molecule has 7 heteroatoms. The van der Waals surface area contributed by atoms with Crippen LogP contribution in [0.1, 0.15) is 31.1 Å². The maximum atomic E-state index is 5.91. The van der Waals surface area contributed by atoms with Gasteiger partial charge in [0.1, 0.15) is 5.69 Å². The van der Waals surface area contributed by atoms with E-state index in [0.717, 1.165) is 28.2 Å². The lowest BCUT2D eigenvalue weighted by Gasteiger charge is -2.01. The third kappa shape index (κ3) is 2.73. The summed E-state index contributed by atoms with van der Waals surface area (Å²) in [6.07, 6.45) is 4.65. The van der Waals surface area contributed by atoms with E-state index in [9.17, 15) is 0 Å². The van der Waals surface area contributed by atoms with Gasteiger partial charge in [-0.15, -0.1) is 0 Å². The van der Waals surface area contributed by atoms with Crippen LogP contribution in [0.25, 0.3) is 11.5 Å². The largest absolute Gasteiger partial charge is 0.339 e. The van der Waals surface area contributed by atoms with Gasteiger partial charge in [-0.25, -0.2) is 0 Å². The fourth-order valence-electron chi connectivity index (χ4n) is 2.32. The SMILES string of the molecule is NC1CCC(c2nc(-c3ncc(Br)cc3Br)no2)C1. The highest BCUT2D eigenvalue weighted by Gasteiger charge is 2.28. The minimum atomic E-state index is 0.248. The molecular weight excluding hydrogens is 376 g/mol. The quantitative estimate of drug-likeness (QED) is 0.855. The van der Waals surface area contributed by atoms with Gasteiger partial charge in [-0.3, -0.25) is 4.98 Å². The maximum absolute atomic E-state index is 5.91. The lowest BCUT2D eigenvalue weighted by molar-refractivity contribution is 0.353. The molecule has 2 aromatic heterocycles. The standard InChI is InChI=1S/C12H12Br2N4O/c13-7-4-9(14)10(16-5-7)11-17-12(19-18-11)6-1-2-8(15)3-6/h4-6,8H,1-3,15H2. The Morgan fingerprint density at radius 3 is 2.84 bits per heavy atom. The van der Waals surface area contributed by atoms with Crippen LogP contribution in [0.2, 0.25) is 0 Å². The number of nitrogens with two attached hydrogens (primary N) is 1. The molecular formula is C12H12Br2N4O. The third-order valence-electron chi connectivity index (χ3n) is 3.28. The van der Waals surface area contributed by atoms with Gasteiger partial charge in [0.25, 0.3) is 0 Å². The molecule has 1 fully saturated rings. The van der Waals surface area contributed by atoms with E-state index in [1.165, 1.54) is 0 Å². The van der Waals surface area contributed by atoms with Crippen molar-refractivity contribution in [3.05, 3.63) is 27.1 Å². The Morgan fingerprint density at radius 2 is 2.16 bits per heavy atom. The summed E-state index contributed by atoms with van der Waals surface area (Å²) in [4.78, 5) is 8.75. The molecule has 2 N–H and O–H groups in total. The van der Waals surface area contributed by atoms with Gasteiger partial charge in [0, 0.05) is 27.1 Å². The Morgan fingerprint density at radius 1 is 1.32 bits per heavy atom. The van der Waals surface area contributed by atoms with Gasteiger partial charge in [0.15, 0.2) is 0 Å². The topological polar surface area (TPSA) is 77.8 Å². The second-order valence-corrected chi connectivity index (χ2v) is 6.48. The fraction of sp³-hybridized carbons (Fsp3) is 0.417. The van der Waals surface area contributed by atoms with E-state index < -0.39 is 0 Å². The Hall–Kier alpha value is -0.790. The minimum absolute atomic E-state index is 0.248. The van der Waals surface area contributed by atoms with Crippen molar-refractivity contribution >= 4 is 31.9 Å². The van der Waals surface area contributed by atoms with Crippen molar-refractivity contribution in [2.24, 2.45) is 5.73 Å². The minimum Gasteiger partial charge on any atom is -0.339 e. The zero-order chi connectivity index (χ0) is 13.4. The molecule has 0 spiro atoms. The monoisotopic (exact) mass is 386 g/mol. The van der Waals surface area contributed by atoms with Crippen LogP contribution in [0.3, 0.4) is 0 Å². The van der Waals surface area contributed by atoms with Gasteiger partial charge in [0.05, 0.1) is 0 Å². The van der Waals surface area contributed by atoms with Crippen molar-refractivity contribution in [1.29, 1.82) is 0 Å². The average molecular weight is 388 g/mol. The molecule has 0 aromatic carbocycles. The number of nitrogens with zero attached hydrogens (tertiary/aromatic N) is 3. The first-order valence-corrected chi connectivity index (χ1v) is 7.62. The van der Waals surface area contributed by atoms with E-state index >= 15 is 0 Å². The second kappa shape index (κ2) is 5.30. The van der Waals surface area contributed by atoms with Crippen LogP contribution < -0.4 is 5.73 Å². The van der Waals surface area contributed by atoms with Gasteiger partial charge in [-0.2, -0.15) is 4.98 Å². The van der Waals surface area contributed by atoms with Gasteiger partial charge in [-0.1, -0.05) is 5.16 Å². The maximum Gasteiger partial charge on any atom is 0.230 e. The Labute approximate surface area is 127 Å². The van der Waals surface area contributed by atoms with Crippen molar-refractivity contribution in [3.63, 3.8) is 0 Å². The Balaban J connectivity index is 1.88. The van der Waals surface area contributed by atoms with Crippen LogP contribution in [-0.2, 0) is 0 Å². The molecule has 3 rings (SSSR count). The summed E-state index contributed by atoms with van der Waals surface area (Å²) >= 11 is 6.82. The van der Waals surface area contributed by atoms with E-state index in [-0.39, 0.29) is 12.0 Å². The fourth-order valence-corrected chi connectivity index (χ4v) is 3.48. The summed E-state index contributed by atoms with van der Waals surface area (Å²) in [5.41, 5.74) is 6.59. The lowest BCUT2D eigenvalue weighted by Crippen LogP contribution is -2.14. The highest BCUT2D eigenvalue weighted by molar-refractivity contribution is 9.11. The average Bonchev–Trinajstić information content (AvgIpc) is 2.97. The lowest BCUT2D eigenvalue weighted by atomic mass is 10.1. The molecule has 0 radical (unpaired) electrons. The highest BCUT2D eigenvalue weighted by atomic mass is 79.9. The molecule has 0 bridgehead atoms. The van der Waals surface area contributed by atoms with Gasteiger partial charge < -0.3 is 10.3 Å². The first kappa shape index (κ1) is 13.2. The Bertz CT molecular complexity index is 601. The molecule has 1 saturated carbocycles. The van der Waals surface area contributed by atoms with Crippen LogP contribution >= 0.6 is 31.9 Å². The molecule has 19 heavy (non-hydrogen) atoms. The molecule has 2 unspecified atom stereocenters. The number of pyridine rings is 1. The molecule has 0 aliphatic heterocycles. The number of halogens is 2. The van der Waals surface area contributed by atoms with Gasteiger partial charge >= 0.3 is 0 Å². The van der Waals surface area contributed by atoms with Crippen molar-refractivity contribution in [2.45, 2.75) is 31.2 Å². The predicted octanol–water partition coefficient (Wildman–Crippen LogP) is 3.25. The van der Waals surface area contributed by atoms with Crippen LogP contribution in [0, 0.1) is 0 Å². The van der Waals surface area contributed by atoms with Crippen LogP contribution in [0.5, 0.6) is 0 Å². The van der Waals surface area contributed by atoms with Crippen molar-refractivity contribution < 1.29 is 4.52 Å². The molecule has 2 atom stereocenters. The summed E-state index contributed by atoms with van der Waals surface area (Å²) in [5.74, 6) is 1.46. The normalized spacial score (nSPS) is 22.9. The number of hydrogen-bond acceptors (Lipinski definition) is 5. The molecule has 2 heterocycles. The van der Waals surface area contributed by atoms with Gasteiger partial charge in [-0.05, 0) is 57.2 Å². The van der Waals surface area contributed by atoms with Crippen LogP contribution in [-0.4, -0.2) is 21.2 Å². The van der Waals surface area contributed by atoms with Crippen molar-refractivity contribution in [2.75, 3.05) is 0 Å². The molecule has 2 aromatic rings. The van der Waals surface area contributed by atoms with E-state index in [2.05, 4.69) is 47.0 Å². The molecule has 1 aliphatic rings. The second-order valence-electron chi connectivity index (χ2n) is 4.71. The molecule has 0 saturated heterocycles. The van der Waals surface area contributed by atoms with Crippen molar-refractivity contribution in [1.82, 2.24) is 15.1 Å². The molecule has 0 amide bonds.